The fraction of sp³-hybridized carbons (Fsp3) is 0.448. The Balaban J connectivity index is 1.58. The van der Waals surface area contributed by atoms with Gasteiger partial charge in [-0.15, -0.1) is 0 Å². The molecule has 0 aliphatic carbocycles. The highest BCUT2D eigenvalue weighted by Gasteiger charge is 2.52. The number of alkyl halides is 3. The average molecular weight is 633 g/mol. The minimum atomic E-state index is -4.77. The normalized spacial score (nSPS) is 19.4. The van der Waals surface area contributed by atoms with E-state index in [0.717, 1.165) is 15.1 Å². The number of aromatic nitrogens is 2. The number of furan rings is 1. The Bertz CT molecular complexity index is 1530. The number of hydrogen-bond donors (Lipinski definition) is 4. The summed E-state index contributed by atoms with van der Waals surface area (Å²) >= 11 is 0. The van der Waals surface area contributed by atoms with E-state index in [1.807, 2.05) is 4.90 Å². The second-order valence-corrected chi connectivity index (χ2v) is 10.8. The van der Waals surface area contributed by atoms with Crippen LogP contribution in [0.15, 0.2) is 41.2 Å². The highest BCUT2D eigenvalue weighted by atomic mass is 19.4. The number of ether oxygens (including phenoxy) is 2. The van der Waals surface area contributed by atoms with Crippen molar-refractivity contribution in [1.82, 2.24) is 24.9 Å². The van der Waals surface area contributed by atoms with Crippen molar-refractivity contribution < 1.29 is 36.7 Å². The Hall–Kier alpha value is -4.41. The largest absolute Gasteiger partial charge is 0.491 e. The van der Waals surface area contributed by atoms with Crippen molar-refractivity contribution in [2.75, 3.05) is 58.4 Å². The first kappa shape index (κ1) is 32.0. The average Bonchev–Trinajstić information content (AvgIpc) is 3.62. The van der Waals surface area contributed by atoms with Crippen LogP contribution in [0.1, 0.15) is 38.8 Å². The number of nitrogens with zero attached hydrogens (tertiary/aromatic N) is 4. The molecular formula is C29H35F3N8O5. The first-order chi connectivity index (χ1) is 21.5. The summed E-state index contributed by atoms with van der Waals surface area (Å²) in [6, 6.07) is 2.91. The maximum absolute atomic E-state index is 14.6. The predicted molar refractivity (Wildman–Crippen MR) is 156 cm³/mol. The number of amides is 1. The number of amidine groups is 1. The number of nitrogens with two attached hydrogens (primary N) is 1. The summed E-state index contributed by atoms with van der Waals surface area (Å²) in [5, 5.41) is 17.6. The molecule has 5 rings (SSSR count). The Labute approximate surface area is 256 Å². The molecule has 0 spiro atoms. The standard InChI is InChI=1S/C29H35F3N8O5/c1-17-15-45-16-20(17)28(42)40-27(36-13-18-3-5-19(6-4-18)26(33)34)24(43-2)22(37-40)23-25(29(30,31)32)35-7-8-39(23)21(41)14-38-9-11-44-12-10-38/h3-6,15-16,23,25,35-36H,7-14H2,1-2H3,(H3,33,34). The van der Waals surface area contributed by atoms with Crippen molar-refractivity contribution in [3.63, 3.8) is 0 Å². The molecule has 2 aromatic heterocycles. The molecule has 2 aliphatic rings. The van der Waals surface area contributed by atoms with E-state index in [0.29, 0.717) is 37.4 Å². The summed E-state index contributed by atoms with van der Waals surface area (Å²) in [6.07, 6.45) is -2.17. The fourth-order valence-electron chi connectivity index (χ4n) is 5.49. The molecule has 2 unspecified atom stereocenters. The van der Waals surface area contributed by atoms with Crippen LogP contribution in [0.4, 0.5) is 19.0 Å². The number of rotatable bonds is 9. The van der Waals surface area contributed by atoms with Crippen LogP contribution in [0.3, 0.4) is 0 Å². The third-order valence-corrected chi connectivity index (χ3v) is 7.86. The molecule has 16 heteroatoms. The van der Waals surface area contributed by atoms with Gasteiger partial charge in [0.05, 0.1) is 38.7 Å². The molecule has 13 nitrogen and oxygen atoms in total. The van der Waals surface area contributed by atoms with Gasteiger partial charge in [-0.1, -0.05) is 24.3 Å². The molecule has 2 aliphatic heterocycles. The summed E-state index contributed by atoms with van der Waals surface area (Å²) in [5.41, 5.74) is 7.20. The van der Waals surface area contributed by atoms with E-state index in [2.05, 4.69) is 15.7 Å². The minimum absolute atomic E-state index is 0.000760. The zero-order valence-corrected chi connectivity index (χ0v) is 24.8. The number of anilines is 1. The molecular weight excluding hydrogens is 597 g/mol. The van der Waals surface area contributed by atoms with E-state index in [4.69, 9.17) is 25.0 Å². The number of morpholine rings is 1. The van der Waals surface area contributed by atoms with Gasteiger partial charge in [0.2, 0.25) is 5.91 Å². The van der Waals surface area contributed by atoms with Gasteiger partial charge in [0, 0.05) is 43.9 Å². The molecule has 2 saturated heterocycles. The quantitative estimate of drug-likeness (QED) is 0.203. The number of hydrogen-bond acceptors (Lipinski definition) is 10. The van der Waals surface area contributed by atoms with Crippen LogP contribution < -0.4 is 21.1 Å². The first-order valence-corrected chi connectivity index (χ1v) is 14.3. The van der Waals surface area contributed by atoms with Crippen LogP contribution in [-0.2, 0) is 16.1 Å². The van der Waals surface area contributed by atoms with Gasteiger partial charge in [-0.05, 0) is 12.5 Å². The molecule has 5 N–H and O–H groups in total. The highest BCUT2D eigenvalue weighted by molar-refractivity contribution is 5.99. The van der Waals surface area contributed by atoms with Crippen molar-refractivity contribution in [3.8, 4) is 5.75 Å². The van der Waals surface area contributed by atoms with E-state index in [-0.39, 0.29) is 54.8 Å². The minimum Gasteiger partial charge on any atom is -0.491 e. The van der Waals surface area contributed by atoms with E-state index in [1.165, 1.54) is 19.6 Å². The summed E-state index contributed by atoms with van der Waals surface area (Å²) in [7, 11) is 1.27. The van der Waals surface area contributed by atoms with Gasteiger partial charge in [0.25, 0.3) is 5.91 Å². The monoisotopic (exact) mass is 632 g/mol. The molecule has 1 aromatic carbocycles. The lowest BCUT2D eigenvalue weighted by molar-refractivity contribution is -0.182. The van der Waals surface area contributed by atoms with Crippen LogP contribution in [-0.4, -0.2) is 102 Å². The Morgan fingerprint density at radius 3 is 2.49 bits per heavy atom. The van der Waals surface area contributed by atoms with Crippen molar-refractivity contribution in [2.45, 2.75) is 31.7 Å². The molecule has 45 heavy (non-hydrogen) atoms. The third-order valence-electron chi connectivity index (χ3n) is 7.86. The molecule has 0 bridgehead atoms. The van der Waals surface area contributed by atoms with E-state index < -0.39 is 30.1 Å². The lowest BCUT2D eigenvalue weighted by atomic mass is 9.98. The number of carbonyl (C=O) groups is 2. The molecule has 1 amide bonds. The number of nitrogen functional groups attached to an aromatic ring is 1. The fourth-order valence-corrected chi connectivity index (χ4v) is 5.49. The maximum Gasteiger partial charge on any atom is 0.406 e. The smallest absolute Gasteiger partial charge is 0.406 e. The first-order valence-electron chi connectivity index (χ1n) is 14.3. The number of nitrogens with one attached hydrogen (secondary N) is 3. The molecule has 0 radical (unpaired) electrons. The second-order valence-electron chi connectivity index (χ2n) is 10.8. The maximum atomic E-state index is 14.6. The third kappa shape index (κ3) is 6.82. The van der Waals surface area contributed by atoms with Gasteiger partial charge in [0.15, 0.2) is 11.6 Å². The lowest BCUT2D eigenvalue weighted by Crippen LogP contribution is -2.61. The van der Waals surface area contributed by atoms with Crippen molar-refractivity contribution >= 4 is 23.5 Å². The number of halogens is 3. The predicted octanol–water partition coefficient (Wildman–Crippen LogP) is 2.11. The summed E-state index contributed by atoms with van der Waals surface area (Å²) < 4.78 is 60.9. The number of aryl methyl sites for hydroxylation is 1. The van der Waals surface area contributed by atoms with Crippen LogP contribution in [0.25, 0.3) is 0 Å². The van der Waals surface area contributed by atoms with Crippen molar-refractivity contribution in [2.24, 2.45) is 5.73 Å². The topological polar surface area (TPSA) is 164 Å². The van der Waals surface area contributed by atoms with Crippen molar-refractivity contribution in [1.29, 1.82) is 5.41 Å². The van der Waals surface area contributed by atoms with Crippen LogP contribution in [0, 0.1) is 12.3 Å². The SMILES string of the molecule is COc1c(C2C(C(F)(F)F)NCCN2C(=O)CN2CCOCC2)nn(C(=O)c2cocc2C)c1NCc1ccc(C(=N)N)cc1. The van der Waals surface area contributed by atoms with Gasteiger partial charge in [0.1, 0.15) is 29.9 Å². The summed E-state index contributed by atoms with van der Waals surface area (Å²) in [6.45, 7) is 3.35. The van der Waals surface area contributed by atoms with Gasteiger partial charge >= 0.3 is 6.18 Å². The summed E-state index contributed by atoms with van der Waals surface area (Å²) in [5.74, 6) is -1.39. The second kappa shape index (κ2) is 13.3. The number of piperazine rings is 1. The molecule has 2 atom stereocenters. The van der Waals surface area contributed by atoms with Gasteiger partial charge in [-0.3, -0.25) is 19.9 Å². The Morgan fingerprint density at radius 1 is 1.18 bits per heavy atom. The molecule has 4 heterocycles. The van der Waals surface area contributed by atoms with E-state index >= 15 is 0 Å². The van der Waals surface area contributed by atoms with Crippen molar-refractivity contribution in [3.05, 3.63) is 64.7 Å². The highest BCUT2D eigenvalue weighted by Crippen LogP contribution is 2.43. The van der Waals surface area contributed by atoms with Crippen LogP contribution in [0.2, 0.25) is 0 Å². The zero-order valence-electron chi connectivity index (χ0n) is 24.8. The van der Waals surface area contributed by atoms with Crippen LogP contribution >= 0.6 is 0 Å². The van der Waals surface area contributed by atoms with E-state index in [9.17, 15) is 22.8 Å². The number of carbonyl (C=O) groups excluding carboxylic acids is 2. The summed E-state index contributed by atoms with van der Waals surface area (Å²) in [4.78, 5) is 30.4. The zero-order chi connectivity index (χ0) is 32.3. The van der Waals surface area contributed by atoms with Gasteiger partial charge in [-0.2, -0.15) is 23.0 Å². The number of benzene rings is 1. The van der Waals surface area contributed by atoms with Gasteiger partial charge < -0.3 is 35.2 Å². The molecule has 2 fully saturated rings. The molecule has 0 saturated carbocycles. The Morgan fingerprint density at radius 2 is 1.89 bits per heavy atom. The van der Waals surface area contributed by atoms with E-state index in [1.54, 1.807) is 31.2 Å². The number of methoxy groups -OCH3 is 1. The lowest BCUT2D eigenvalue weighted by Gasteiger charge is -2.42. The Kier molecular flexibility index (Phi) is 9.45. The molecule has 3 aromatic rings. The molecule has 242 valence electrons. The van der Waals surface area contributed by atoms with Crippen LogP contribution in [0.5, 0.6) is 5.75 Å². The van der Waals surface area contributed by atoms with Gasteiger partial charge in [-0.25, -0.2) is 0 Å².